The van der Waals surface area contributed by atoms with Crippen molar-refractivity contribution in [1.82, 2.24) is 10.2 Å². The standard InChI is InChI=1S/C18H32N2O/c1-14-11-19-17(2,15-5-6-15)13-20(14)12-16-7-10-18(21-16)8-3-4-9-18/h14-16,19H,3-13H2,1-2H3. The highest BCUT2D eigenvalue weighted by molar-refractivity contribution is 5.04. The van der Waals surface area contributed by atoms with Crippen molar-refractivity contribution in [3.63, 3.8) is 0 Å². The molecule has 0 amide bonds. The third kappa shape index (κ3) is 2.77. The van der Waals surface area contributed by atoms with Crippen LogP contribution < -0.4 is 5.32 Å². The summed E-state index contributed by atoms with van der Waals surface area (Å²) < 4.78 is 6.54. The zero-order valence-corrected chi connectivity index (χ0v) is 13.9. The van der Waals surface area contributed by atoms with Crippen LogP contribution in [0.25, 0.3) is 0 Å². The van der Waals surface area contributed by atoms with Crippen molar-refractivity contribution in [2.24, 2.45) is 5.92 Å². The van der Waals surface area contributed by atoms with E-state index in [1.54, 1.807) is 0 Å². The molecule has 4 fully saturated rings. The number of nitrogens with zero attached hydrogens (tertiary/aromatic N) is 1. The molecule has 120 valence electrons. The van der Waals surface area contributed by atoms with Gasteiger partial charge in [0.2, 0.25) is 0 Å². The molecular weight excluding hydrogens is 260 g/mol. The van der Waals surface area contributed by atoms with E-state index in [-0.39, 0.29) is 0 Å². The Hall–Kier alpha value is -0.120. The highest BCUT2D eigenvalue weighted by Crippen LogP contribution is 2.44. The Morgan fingerprint density at radius 1 is 1.14 bits per heavy atom. The fraction of sp³-hybridized carbons (Fsp3) is 1.00. The van der Waals surface area contributed by atoms with Gasteiger partial charge in [0, 0.05) is 31.2 Å². The highest BCUT2D eigenvalue weighted by Gasteiger charge is 2.47. The van der Waals surface area contributed by atoms with Crippen LogP contribution in [-0.4, -0.2) is 47.8 Å². The third-order valence-electron chi connectivity index (χ3n) is 6.73. The summed E-state index contributed by atoms with van der Waals surface area (Å²) in [6.07, 6.45) is 11.4. The average Bonchev–Trinajstić information content (AvgIpc) is 3.14. The van der Waals surface area contributed by atoms with Gasteiger partial charge in [0.25, 0.3) is 0 Å². The summed E-state index contributed by atoms with van der Waals surface area (Å²) in [5, 5.41) is 3.83. The second kappa shape index (κ2) is 5.21. The molecule has 0 aromatic rings. The van der Waals surface area contributed by atoms with Gasteiger partial charge in [0.05, 0.1) is 11.7 Å². The molecule has 1 N–H and O–H groups in total. The van der Waals surface area contributed by atoms with E-state index >= 15 is 0 Å². The van der Waals surface area contributed by atoms with Crippen LogP contribution in [0.4, 0.5) is 0 Å². The number of nitrogens with one attached hydrogen (secondary N) is 1. The Bertz CT molecular complexity index is 389. The van der Waals surface area contributed by atoms with Crippen LogP contribution in [0.5, 0.6) is 0 Å². The van der Waals surface area contributed by atoms with E-state index in [0.29, 0.717) is 23.3 Å². The fourth-order valence-electron chi connectivity index (χ4n) is 5.05. The number of piperazine rings is 1. The summed E-state index contributed by atoms with van der Waals surface area (Å²) in [4.78, 5) is 2.72. The summed E-state index contributed by atoms with van der Waals surface area (Å²) in [5.41, 5.74) is 0.651. The first-order chi connectivity index (χ1) is 10.1. The minimum absolute atomic E-state index is 0.293. The molecule has 2 aliphatic heterocycles. The van der Waals surface area contributed by atoms with Crippen LogP contribution in [0.1, 0.15) is 65.2 Å². The van der Waals surface area contributed by atoms with Crippen LogP contribution in [0.15, 0.2) is 0 Å². The minimum atomic E-state index is 0.293. The molecule has 1 spiro atoms. The average molecular weight is 292 g/mol. The maximum absolute atomic E-state index is 6.54. The lowest BCUT2D eigenvalue weighted by Crippen LogP contribution is -2.64. The molecule has 21 heavy (non-hydrogen) atoms. The van der Waals surface area contributed by atoms with E-state index in [9.17, 15) is 0 Å². The normalized spacial score (nSPS) is 43.7. The van der Waals surface area contributed by atoms with Gasteiger partial charge >= 0.3 is 0 Å². The first-order valence-corrected chi connectivity index (χ1v) is 9.26. The van der Waals surface area contributed by atoms with Gasteiger partial charge in [-0.1, -0.05) is 12.8 Å². The predicted molar refractivity (Wildman–Crippen MR) is 85.5 cm³/mol. The van der Waals surface area contributed by atoms with Crippen molar-refractivity contribution < 1.29 is 4.74 Å². The van der Waals surface area contributed by atoms with Crippen molar-refractivity contribution >= 4 is 0 Å². The van der Waals surface area contributed by atoms with Crippen LogP contribution in [-0.2, 0) is 4.74 Å². The number of hydrogen-bond donors (Lipinski definition) is 1. The van der Waals surface area contributed by atoms with E-state index in [0.717, 1.165) is 19.0 Å². The molecule has 0 bridgehead atoms. The van der Waals surface area contributed by atoms with E-state index in [2.05, 4.69) is 24.1 Å². The van der Waals surface area contributed by atoms with E-state index in [1.165, 1.54) is 57.9 Å². The number of hydrogen-bond acceptors (Lipinski definition) is 3. The van der Waals surface area contributed by atoms with Crippen LogP contribution >= 0.6 is 0 Å². The quantitative estimate of drug-likeness (QED) is 0.865. The molecule has 4 rings (SSSR count). The summed E-state index contributed by atoms with van der Waals surface area (Å²) in [6.45, 7) is 8.33. The summed E-state index contributed by atoms with van der Waals surface area (Å²) in [6, 6.07) is 0.653. The zero-order chi connectivity index (χ0) is 14.5. The van der Waals surface area contributed by atoms with Crippen molar-refractivity contribution in [3.8, 4) is 0 Å². The van der Waals surface area contributed by atoms with E-state index in [1.807, 2.05) is 0 Å². The van der Waals surface area contributed by atoms with Crippen LogP contribution in [0.3, 0.4) is 0 Å². The predicted octanol–water partition coefficient (Wildman–Crippen LogP) is 2.94. The van der Waals surface area contributed by atoms with Gasteiger partial charge < -0.3 is 10.1 Å². The first-order valence-electron chi connectivity index (χ1n) is 9.26. The smallest absolute Gasteiger partial charge is 0.0710 e. The van der Waals surface area contributed by atoms with Gasteiger partial charge in [-0.2, -0.15) is 0 Å². The number of rotatable bonds is 3. The summed E-state index contributed by atoms with van der Waals surface area (Å²) >= 11 is 0. The molecule has 0 aromatic heterocycles. The molecule has 3 heteroatoms. The van der Waals surface area contributed by atoms with Crippen molar-refractivity contribution in [2.75, 3.05) is 19.6 Å². The molecule has 4 aliphatic rings. The Morgan fingerprint density at radius 3 is 2.62 bits per heavy atom. The van der Waals surface area contributed by atoms with Crippen molar-refractivity contribution in [3.05, 3.63) is 0 Å². The third-order valence-corrected chi connectivity index (χ3v) is 6.73. The largest absolute Gasteiger partial charge is 0.370 e. The molecule has 3 atom stereocenters. The number of ether oxygens (including phenoxy) is 1. The molecule has 2 saturated carbocycles. The Labute approximate surface area is 129 Å². The zero-order valence-electron chi connectivity index (χ0n) is 13.9. The maximum Gasteiger partial charge on any atom is 0.0710 e. The monoisotopic (exact) mass is 292 g/mol. The Kier molecular flexibility index (Phi) is 3.59. The van der Waals surface area contributed by atoms with Crippen LogP contribution in [0.2, 0.25) is 0 Å². The molecule has 2 aliphatic carbocycles. The molecule has 0 radical (unpaired) electrons. The molecule has 2 saturated heterocycles. The summed E-state index contributed by atoms with van der Waals surface area (Å²) in [5.74, 6) is 0.915. The lowest BCUT2D eigenvalue weighted by molar-refractivity contribution is -0.0579. The second-order valence-electron chi connectivity index (χ2n) is 8.52. The molecule has 3 unspecified atom stereocenters. The van der Waals surface area contributed by atoms with Gasteiger partial charge in [0.15, 0.2) is 0 Å². The fourth-order valence-corrected chi connectivity index (χ4v) is 5.05. The molecule has 3 nitrogen and oxygen atoms in total. The maximum atomic E-state index is 6.54. The molecule has 0 aromatic carbocycles. The van der Waals surface area contributed by atoms with E-state index < -0.39 is 0 Å². The van der Waals surface area contributed by atoms with Gasteiger partial charge in [0.1, 0.15) is 0 Å². The van der Waals surface area contributed by atoms with Crippen molar-refractivity contribution in [1.29, 1.82) is 0 Å². The lowest BCUT2D eigenvalue weighted by Gasteiger charge is -2.46. The Balaban J connectivity index is 1.37. The first kappa shape index (κ1) is 14.5. The highest BCUT2D eigenvalue weighted by atomic mass is 16.5. The van der Waals surface area contributed by atoms with Gasteiger partial charge in [-0.25, -0.2) is 0 Å². The molecule has 2 heterocycles. The second-order valence-corrected chi connectivity index (χ2v) is 8.52. The topological polar surface area (TPSA) is 24.5 Å². The van der Waals surface area contributed by atoms with Crippen molar-refractivity contribution in [2.45, 2.75) is 88.5 Å². The molecular formula is C18H32N2O. The van der Waals surface area contributed by atoms with E-state index in [4.69, 9.17) is 4.74 Å². The van der Waals surface area contributed by atoms with Gasteiger partial charge in [-0.05, 0) is 58.3 Å². The lowest BCUT2D eigenvalue weighted by atomic mass is 9.91. The Morgan fingerprint density at radius 2 is 1.90 bits per heavy atom. The SMILES string of the molecule is CC1CNC(C)(C2CC2)CN1CC1CCC2(CCCC2)O1. The summed E-state index contributed by atoms with van der Waals surface area (Å²) in [7, 11) is 0. The van der Waals surface area contributed by atoms with Gasteiger partial charge in [-0.3, -0.25) is 4.90 Å². The van der Waals surface area contributed by atoms with Gasteiger partial charge in [-0.15, -0.1) is 0 Å². The van der Waals surface area contributed by atoms with Crippen LogP contribution in [0, 0.1) is 5.92 Å². The minimum Gasteiger partial charge on any atom is -0.370 e.